The normalized spacial score (nSPS) is 12.4. The van der Waals surface area contributed by atoms with Crippen molar-refractivity contribution in [1.29, 1.82) is 0 Å². The van der Waals surface area contributed by atoms with Crippen LogP contribution < -0.4 is 10.6 Å². The molecule has 0 fully saturated rings. The lowest BCUT2D eigenvalue weighted by Gasteiger charge is -2.23. The van der Waals surface area contributed by atoms with Gasteiger partial charge in [0.2, 0.25) is 5.91 Å². The molecule has 100 valence electrons. The molecule has 2 aromatic carbocycles. The molecule has 3 heteroatoms. The third kappa shape index (κ3) is 2.61. The fourth-order valence-corrected chi connectivity index (χ4v) is 2.34. The average molecular weight is 256 g/mol. The minimum Gasteiger partial charge on any atom is -0.330 e. The van der Waals surface area contributed by atoms with Gasteiger partial charge >= 0.3 is 0 Å². The maximum atomic E-state index is 12.4. The van der Waals surface area contributed by atoms with Crippen LogP contribution in [0.3, 0.4) is 0 Å². The Hall–Kier alpha value is -1.87. The molecule has 0 spiro atoms. The van der Waals surface area contributed by atoms with Gasteiger partial charge in [-0.25, -0.2) is 0 Å². The van der Waals surface area contributed by atoms with Crippen LogP contribution in [0.15, 0.2) is 42.5 Å². The molecule has 0 saturated carbocycles. The minimum absolute atomic E-state index is 0.0846. The van der Waals surface area contributed by atoms with E-state index in [0.29, 0.717) is 6.54 Å². The highest BCUT2D eigenvalue weighted by Gasteiger charge is 2.20. The summed E-state index contributed by atoms with van der Waals surface area (Å²) in [6.45, 7) is 2.39. The summed E-state index contributed by atoms with van der Waals surface area (Å²) >= 11 is 0. The van der Waals surface area contributed by atoms with E-state index in [0.717, 1.165) is 22.9 Å². The Morgan fingerprint density at radius 3 is 2.58 bits per heavy atom. The Kier molecular flexibility index (Phi) is 4.17. The molecule has 0 bridgehead atoms. The SMILES string of the molecule is CCC(CN)C(=O)N(C)c1cccc2ccccc12. The van der Waals surface area contributed by atoms with Crippen molar-refractivity contribution < 1.29 is 4.79 Å². The van der Waals surface area contributed by atoms with Crippen molar-refractivity contribution in [3.05, 3.63) is 42.5 Å². The van der Waals surface area contributed by atoms with Gasteiger partial charge in [-0.05, 0) is 17.9 Å². The molecular formula is C16H20N2O. The number of fused-ring (bicyclic) bond motifs is 1. The van der Waals surface area contributed by atoms with Crippen LogP contribution in [0, 0.1) is 5.92 Å². The zero-order valence-corrected chi connectivity index (χ0v) is 11.5. The Morgan fingerprint density at radius 2 is 1.89 bits per heavy atom. The molecule has 19 heavy (non-hydrogen) atoms. The molecule has 2 rings (SSSR count). The van der Waals surface area contributed by atoms with E-state index >= 15 is 0 Å². The van der Waals surface area contributed by atoms with Gasteiger partial charge in [-0.15, -0.1) is 0 Å². The smallest absolute Gasteiger partial charge is 0.231 e. The highest BCUT2D eigenvalue weighted by molar-refractivity contribution is 6.04. The Balaban J connectivity index is 2.41. The number of carbonyl (C=O) groups is 1. The summed E-state index contributed by atoms with van der Waals surface area (Å²) < 4.78 is 0. The highest BCUT2D eigenvalue weighted by atomic mass is 16.2. The van der Waals surface area contributed by atoms with Crippen molar-refractivity contribution in [3.8, 4) is 0 Å². The van der Waals surface area contributed by atoms with Gasteiger partial charge in [0.25, 0.3) is 0 Å². The van der Waals surface area contributed by atoms with E-state index in [9.17, 15) is 4.79 Å². The summed E-state index contributed by atoms with van der Waals surface area (Å²) in [5.74, 6) is -0.0229. The first-order chi connectivity index (χ1) is 9.19. The van der Waals surface area contributed by atoms with Crippen LogP contribution in [0.4, 0.5) is 5.69 Å². The first-order valence-electron chi connectivity index (χ1n) is 6.64. The van der Waals surface area contributed by atoms with Gasteiger partial charge in [0.1, 0.15) is 0 Å². The topological polar surface area (TPSA) is 46.3 Å². The molecule has 2 N–H and O–H groups in total. The van der Waals surface area contributed by atoms with E-state index in [1.807, 2.05) is 44.3 Å². The second kappa shape index (κ2) is 5.85. The van der Waals surface area contributed by atoms with Crippen molar-refractivity contribution in [2.24, 2.45) is 11.7 Å². The van der Waals surface area contributed by atoms with Crippen LogP contribution in [-0.4, -0.2) is 19.5 Å². The lowest BCUT2D eigenvalue weighted by atomic mass is 10.0. The predicted octanol–water partition coefficient (Wildman–Crippen LogP) is 2.79. The Bertz CT molecular complexity index is 570. The maximum Gasteiger partial charge on any atom is 0.231 e. The molecule has 0 heterocycles. The molecular weight excluding hydrogens is 236 g/mol. The zero-order valence-electron chi connectivity index (χ0n) is 11.5. The second-order valence-electron chi connectivity index (χ2n) is 4.74. The number of rotatable bonds is 4. The lowest BCUT2D eigenvalue weighted by molar-refractivity contribution is -0.121. The van der Waals surface area contributed by atoms with E-state index in [1.54, 1.807) is 4.90 Å². The van der Waals surface area contributed by atoms with Gasteiger partial charge in [0, 0.05) is 19.0 Å². The van der Waals surface area contributed by atoms with E-state index < -0.39 is 0 Å². The van der Waals surface area contributed by atoms with Crippen molar-refractivity contribution in [2.45, 2.75) is 13.3 Å². The molecule has 0 radical (unpaired) electrons. The number of nitrogens with zero attached hydrogens (tertiary/aromatic N) is 1. The molecule has 0 aliphatic carbocycles. The molecule has 2 aromatic rings. The monoisotopic (exact) mass is 256 g/mol. The largest absolute Gasteiger partial charge is 0.330 e. The van der Waals surface area contributed by atoms with Crippen LogP contribution >= 0.6 is 0 Å². The molecule has 0 aliphatic rings. The Morgan fingerprint density at radius 1 is 1.21 bits per heavy atom. The summed E-state index contributed by atoms with van der Waals surface area (Å²) in [5.41, 5.74) is 6.61. The standard InChI is InChI=1S/C16H20N2O/c1-3-12(11-17)16(19)18(2)15-10-6-8-13-7-4-5-9-14(13)15/h4-10,12H,3,11,17H2,1-2H3. The summed E-state index contributed by atoms with van der Waals surface area (Å²) in [5, 5.41) is 2.23. The fraction of sp³-hybridized carbons (Fsp3) is 0.312. The third-order valence-electron chi connectivity index (χ3n) is 3.59. The van der Waals surface area contributed by atoms with Gasteiger partial charge in [-0.1, -0.05) is 43.3 Å². The van der Waals surface area contributed by atoms with Crippen LogP contribution in [0.5, 0.6) is 0 Å². The first-order valence-corrected chi connectivity index (χ1v) is 6.64. The summed E-state index contributed by atoms with van der Waals surface area (Å²) in [6, 6.07) is 14.1. The molecule has 1 atom stereocenters. The average Bonchev–Trinajstić information content (AvgIpc) is 2.47. The fourth-order valence-electron chi connectivity index (χ4n) is 2.34. The molecule has 0 aliphatic heterocycles. The van der Waals surface area contributed by atoms with Gasteiger partial charge in [-0.2, -0.15) is 0 Å². The van der Waals surface area contributed by atoms with Crippen LogP contribution in [0.1, 0.15) is 13.3 Å². The van der Waals surface area contributed by atoms with Gasteiger partial charge in [0.15, 0.2) is 0 Å². The molecule has 0 saturated heterocycles. The number of benzene rings is 2. The van der Waals surface area contributed by atoms with Crippen molar-refractivity contribution in [1.82, 2.24) is 0 Å². The number of amides is 1. The third-order valence-corrected chi connectivity index (χ3v) is 3.59. The van der Waals surface area contributed by atoms with Crippen molar-refractivity contribution in [2.75, 3.05) is 18.5 Å². The second-order valence-corrected chi connectivity index (χ2v) is 4.74. The summed E-state index contributed by atoms with van der Waals surface area (Å²) in [7, 11) is 1.82. The van der Waals surface area contributed by atoms with E-state index in [2.05, 4.69) is 12.1 Å². The molecule has 3 nitrogen and oxygen atoms in total. The lowest BCUT2D eigenvalue weighted by Crippen LogP contribution is -2.36. The van der Waals surface area contributed by atoms with Crippen LogP contribution in [0.25, 0.3) is 10.8 Å². The summed E-state index contributed by atoms with van der Waals surface area (Å²) in [6.07, 6.45) is 0.768. The van der Waals surface area contributed by atoms with Gasteiger partial charge in [0.05, 0.1) is 11.6 Å². The Labute approximate surface area is 114 Å². The maximum absolute atomic E-state index is 12.4. The van der Waals surface area contributed by atoms with Crippen molar-refractivity contribution >= 4 is 22.4 Å². The van der Waals surface area contributed by atoms with E-state index in [-0.39, 0.29) is 11.8 Å². The van der Waals surface area contributed by atoms with Crippen LogP contribution in [0.2, 0.25) is 0 Å². The quantitative estimate of drug-likeness (QED) is 0.914. The minimum atomic E-state index is -0.107. The highest BCUT2D eigenvalue weighted by Crippen LogP contribution is 2.26. The summed E-state index contributed by atoms with van der Waals surface area (Å²) in [4.78, 5) is 14.1. The zero-order chi connectivity index (χ0) is 13.8. The number of anilines is 1. The molecule has 1 unspecified atom stereocenters. The molecule has 0 aromatic heterocycles. The molecule has 1 amide bonds. The van der Waals surface area contributed by atoms with Gasteiger partial charge in [-0.3, -0.25) is 4.79 Å². The van der Waals surface area contributed by atoms with Gasteiger partial charge < -0.3 is 10.6 Å². The van der Waals surface area contributed by atoms with Crippen molar-refractivity contribution in [3.63, 3.8) is 0 Å². The van der Waals surface area contributed by atoms with Crippen LogP contribution in [-0.2, 0) is 4.79 Å². The predicted molar refractivity (Wildman–Crippen MR) is 80.2 cm³/mol. The number of carbonyl (C=O) groups excluding carboxylic acids is 1. The first kappa shape index (κ1) is 13.6. The number of nitrogens with two attached hydrogens (primary N) is 1. The number of hydrogen-bond acceptors (Lipinski definition) is 2. The van der Waals surface area contributed by atoms with E-state index in [4.69, 9.17) is 5.73 Å². The number of hydrogen-bond donors (Lipinski definition) is 1. The van der Waals surface area contributed by atoms with E-state index in [1.165, 1.54) is 0 Å².